The molecule has 0 unspecified atom stereocenters. The first-order valence-electron chi connectivity index (χ1n) is 7.76. The third-order valence-electron chi connectivity index (χ3n) is 3.96. The van der Waals surface area contributed by atoms with Crippen LogP contribution in [0.5, 0.6) is 5.75 Å². The largest absolute Gasteiger partial charge is 0.496 e. The van der Waals surface area contributed by atoms with E-state index in [4.69, 9.17) is 4.74 Å². The predicted octanol–water partition coefficient (Wildman–Crippen LogP) is 3.21. The van der Waals surface area contributed by atoms with E-state index in [1.165, 1.54) is 37.1 Å². The maximum atomic E-state index is 5.47. The van der Waals surface area contributed by atoms with E-state index in [9.17, 15) is 0 Å². The lowest BCUT2D eigenvalue weighted by Gasteiger charge is -2.32. The first-order chi connectivity index (χ1) is 9.74. The van der Waals surface area contributed by atoms with Gasteiger partial charge in [-0.05, 0) is 51.5 Å². The zero-order valence-corrected chi connectivity index (χ0v) is 13.7. The highest BCUT2D eigenvalue weighted by atomic mass is 16.5. The Balaban J connectivity index is 0.000000956. The van der Waals surface area contributed by atoms with Gasteiger partial charge in [-0.3, -0.25) is 4.90 Å². The topological polar surface area (TPSA) is 24.5 Å². The van der Waals surface area contributed by atoms with Crippen LogP contribution in [0.1, 0.15) is 37.8 Å². The molecule has 1 aromatic rings. The number of benzene rings is 1. The SMILES string of the molecule is CC.CNC1CCN(Cc2c(C)cccc2OC)CC1. The first kappa shape index (κ1) is 17.0. The second-order valence-electron chi connectivity index (χ2n) is 5.09. The second kappa shape index (κ2) is 8.98. The van der Waals surface area contributed by atoms with Crippen molar-refractivity contribution >= 4 is 0 Å². The Morgan fingerprint density at radius 2 is 1.90 bits per heavy atom. The molecule has 0 atom stereocenters. The number of likely N-dealkylation sites (tertiary alicyclic amines) is 1. The molecular formula is C17H30N2O. The highest BCUT2D eigenvalue weighted by Gasteiger charge is 2.19. The van der Waals surface area contributed by atoms with Crippen molar-refractivity contribution in [1.29, 1.82) is 0 Å². The van der Waals surface area contributed by atoms with Crippen LogP contribution in [-0.4, -0.2) is 38.2 Å². The van der Waals surface area contributed by atoms with Gasteiger partial charge in [-0.15, -0.1) is 0 Å². The Kier molecular flexibility index (Phi) is 7.63. The van der Waals surface area contributed by atoms with Crippen LogP contribution in [0.4, 0.5) is 0 Å². The summed E-state index contributed by atoms with van der Waals surface area (Å²) in [5.74, 6) is 1.02. The number of nitrogens with zero attached hydrogens (tertiary/aromatic N) is 1. The van der Waals surface area contributed by atoms with E-state index in [1.54, 1.807) is 7.11 Å². The molecule has 1 heterocycles. The van der Waals surface area contributed by atoms with Gasteiger partial charge >= 0.3 is 0 Å². The monoisotopic (exact) mass is 278 g/mol. The van der Waals surface area contributed by atoms with Crippen molar-refractivity contribution < 1.29 is 4.74 Å². The molecule has 0 radical (unpaired) electrons. The summed E-state index contributed by atoms with van der Waals surface area (Å²) in [6, 6.07) is 6.98. The molecule has 0 spiro atoms. The van der Waals surface area contributed by atoms with Gasteiger partial charge in [0.25, 0.3) is 0 Å². The van der Waals surface area contributed by atoms with Gasteiger partial charge in [-0.2, -0.15) is 0 Å². The fourth-order valence-electron chi connectivity index (χ4n) is 2.67. The molecule has 20 heavy (non-hydrogen) atoms. The van der Waals surface area contributed by atoms with E-state index in [2.05, 4.69) is 42.4 Å². The van der Waals surface area contributed by atoms with Crippen molar-refractivity contribution in [3.63, 3.8) is 0 Å². The summed E-state index contributed by atoms with van der Waals surface area (Å²) in [4.78, 5) is 2.53. The van der Waals surface area contributed by atoms with Crippen LogP contribution < -0.4 is 10.1 Å². The molecule has 0 bridgehead atoms. The molecule has 1 aliphatic heterocycles. The maximum Gasteiger partial charge on any atom is 0.123 e. The van der Waals surface area contributed by atoms with E-state index in [1.807, 2.05) is 13.8 Å². The van der Waals surface area contributed by atoms with Crippen LogP contribution in [-0.2, 0) is 6.54 Å². The molecule has 3 heteroatoms. The minimum absolute atomic E-state index is 0.694. The van der Waals surface area contributed by atoms with Gasteiger partial charge in [-0.1, -0.05) is 26.0 Å². The molecule has 1 N–H and O–H groups in total. The average molecular weight is 278 g/mol. The van der Waals surface area contributed by atoms with Crippen LogP contribution in [0.3, 0.4) is 0 Å². The fourth-order valence-corrected chi connectivity index (χ4v) is 2.67. The van der Waals surface area contributed by atoms with Gasteiger partial charge in [0.2, 0.25) is 0 Å². The Morgan fingerprint density at radius 1 is 1.25 bits per heavy atom. The van der Waals surface area contributed by atoms with Crippen LogP contribution in [0.15, 0.2) is 18.2 Å². The Morgan fingerprint density at radius 3 is 2.45 bits per heavy atom. The zero-order valence-electron chi connectivity index (χ0n) is 13.7. The Hall–Kier alpha value is -1.06. The zero-order chi connectivity index (χ0) is 15.0. The van der Waals surface area contributed by atoms with Gasteiger partial charge in [-0.25, -0.2) is 0 Å². The van der Waals surface area contributed by atoms with Crippen molar-refractivity contribution in [3.05, 3.63) is 29.3 Å². The molecule has 114 valence electrons. The highest BCUT2D eigenvalue weighted by Crippen LogP contribution is 2.24. The third kappa shape index (κ3) is 4.50. The Bertz CT molecular complexity index is 385. The van der Waals surface area contributed by atoms with Gasteiger partial charge < -0.3 is 10.1 Å². The number of aryl methyl sites for hydroxylation is 1. The first-order valence-corrected chi connectivity index (χ1v) is 7.76. The lowest BCUT2D eigenvalue weighted by Crippen LogP contribution is -2.40. The molecule has 1 aliphatic rings. The summed E-state index contributed by atoms with van der Waals surface area (Å²) >= 11 is 0. The minimum Gasteiger partial charge on any atom is -0.496 e. The highest BCUT2D eigenvalue weighted by molar-refractivity contribution is 5.39. The Labute approximate surface area is 124 Å². The molecule has 2 rings (SSSR count). The van der Waals surface area contributed by atoms with E-state index in [0.717, 1.165) is 12.3 Å². The molecule has 1 saturated heterocycles. The molecule has 0 aliphatic carbocycles. The summed E-state index contributed by atoms with van der Waals surface area (Å²) in [5.41, 5.74) is 2.66. The van der Waals surface area contributed by atoms with E-state index in [0.29, 0.717) is 6.04 Å². The quantitative estimate of drug-likeness (QED) is 0.915. The summed E-state index contributed by atoms with van der Waals surface area (Å²) in [6.07, 6.45) is 2.48. The van der Waals surface area contributed by atoms with Crippen LogP contribution in [0, 0.1) is 6.92 Å². The van der Waals surface area contributed by atoms with Gasteiger partial charge in [0.05, 0.1) is 7.11 Å². The molecular weight excluding hydrogens is 248 g/mol. The van der Waals surface area contributed by atoms with Crippen LogP contribution in [0.25, 0.3) is 0 Å². The summed E-state index contributed by atoms with van der Waals surface area (Å²) in [5, 5.41) is 3.37. The summed E-state index contributed by atoms with van der Waals surface area (Å²) in [7, 11) is 3.82. The van der Waals surface area contributed by atoms with Crippen molar-refractivity contribution in [1.82, 2.24) is 10.2 Å². The molecule has 1 aromatic carbocycles. The number of ether oxygens (including phenoxy) is 1. The van der Waals surface area contributed by atoms with Gasteiger partial charge in [0.1, 0.15) is 5.75 Å². The predicted molar refractivity (Wildman–Crippen MR) is 86.4 cm³/mol. The molecule has 1 fully saturated rings. The molecule has 0 aromatic heterocycles. The van der Waals surface area contributed by atoms with Crippen molar-refractivity contribution in [2.24, 2.45) is 0 Å². The third-order valence-corrected chi connectivity index (χ3v) is 3.96. The van der Waals surface area contributed by atoms with E-state index in [-0.39, 0.29) is 0 Å². The number of nitrogens with one attached hydrogen (secondary N) is 1. The molecule has 0 saturated carbocycles. The van der Waals surface area contributed by atoms with Crippen molar-refractivity contribution in [3.8, 4) is 5.75 Å². The summed E-state index contributed by atoms with van der Waals surface area (Å²) in [6.45, 7) is 9.51. The number of rotatable bonds is 4. The van der Waals surface area contributed by atoms with E-state index >= 15 is 0 Å². The fraction of sp³-hybridized carbons (Fsp3) is 0.647. The lowest BCUT2D eigenvalue weighted by molar-refractivity contribution is 0.192. The second-order valence-corrected chi connectivity index (χ2v) is 5.09. The molecule has 0 amide bonds. The normalized spacial score (nSPS) is 16.4. The van der Waals surface area contributed by atoms with Crippen LogP contribution in [0.2, 0.25) is 0 Å². The summed E-state index contributed by atoms with van der Waals surface area (Å²) < 4.78 is 5.47. The van der Waals surface area contributed by atoms with Gasteiger partial charge in [0.15, 0.2) is 0 Å². The lowest BCUT2D eigenvalue weighted by atomic mass is 10.0. The van der Waals surface area contributed by atoms with Gasteiger partial charge in [0, 0.05) is 18.2 Å². The average Bonchev–Trinajstić information content (AvgIpc) is 2.52. The number of piperidine rings is 1. The number of hydrogen-bond donors (Lipinski definition) is 1. The van der Waals surface area contributed by atoms with Crippen LogP contribution >= 0.6 is 0 Å². The van der Waals surface area contributed by atoms with E-state index < -0.39 is 0 Å². The van der Waals surface area contributed by atoms with Crippen molar-refractivity contribution in [2.45, 2.75) is 46.2 Å². The minimum atomic E-state index is 0.694. The van der Waals surface area contributed by atoms with Crippen molar-refractivity contribution in [2.75, 3.05) is 27.2 Å². The number of hydrogen-bond acceptors (Lipinski definition) is 3. The standard InChI is InChI=1S/C15H24N2O.C2H6/c1-12-5-4-6-15(18-3)14(12)11-17-9-7-13(16-2)8-10-17;1-2/h4-6,13,16H,7-11H2,1-3H3;1-2H3. The smallest absolute Gasteiger partial charge is 0.123 e. The number of methoxy groups -OCH3 is 1. The molecule has 3 nitrogen and oxygen atoms in total. The maximum absolute atomic E-state index is 5.47.